The molecule has 0 aliphatic heterocycles. The molecule has 0 aliphatic rings. The Hall–Kier alpha value is -1.63. The third-order valence-electron chi connectivity index (χ3n) is 2.33. The van der Waals surface area contributed by atoms with Crippen LogP contribution in [0, 0.1) is 0 Å². The van der Waals surface area contributed by atoms with Gasteiger partial charge in [-0.2, -0.15) is 0 Å². The van der Waals surface area contributed by atoms with Gasteiger partial charge in [0, 0.05) is 12.8 Å². The standard InChI is InChI=1S/C11H20N2O5/c1-12-7-3-4-9(14)13-8(11(16)17)5-6-10(15)18-2/h8,12H,3-7H2,1-2H3,(H,13,14)(H,16,17)/t8-/m0/s1. The van der Waals surface area contributed by atoms with E-state index in [1.807, 2.05) is 0 Å². The van der Waals surface area contributed by atoms with Crippen molar-refractivity contribution in [3.63, 3.8) is 0 Å². The van der Waals surface area contributed by atoms with Crippen molar-refractivity contribution in [2.45, 2.75) is 31.7 Å². The lowest BCUT2D eigenvalue weighted by atomic mass is 10.1. The number of ether oxygens (including phenoxy) is 1. The monoisotopic (exact) mass is 260 g/mol. The molecule has 0 fully saturated rings. The fourth-order valence-electron chi connectivity index (χ4n) is 1.31. The summed E-state index contributed by atoms with van der Waals surface area (Å²) in [5.74, 6) is -1.98. The summed E-state index contributed by atoms with van der Waals surface area (Å²) in [6.07, 6.45) is 0.874. The smallest absolute Gasteiger partial charge is 0.326 e. The highest BCUT2D eigenvalue weighted by Crippen LogP contribution is 2.00. The molecule has 18 heavy (non-hydrogen) atoms. The van der Waals surface area contributed by atoms with Crippen LogP contribution in [0.5, 0.6) is 0 Å². The van der Waals surface area contributed by atoms with Crippen molar-refractivity contribution in [1.82, 2.24) is 10.6 Å². The summed E-state index contributed by atoms with van der Waals surface area (Å²) < 4.78 is 4.41. The molecule has 0 radical (unpaired) electrons. The van der Waals surface area contributed by atoms with E-state index >= 15 is 0 Å². The van der Waals surface area contributed by atoms with E-state index in [0.29, 0.717) is 13.0 Å². The molecule has 0 rings (SSSR count). The Labute approximate surface area is 106 Å². The molecule has 1 atom stereocenters. The van der Waals surface area contributed by atoms with E-state index in [9.17, 15) is 14.4 Å². The summed E-state index contributed by atoms with van der Waals surface area (Å²) in [5, 5.41) is 14.2. The first-order valence-electron chi connectivity index (χ1n) is 5.74. The van der Waals surface area contributed by atoms with Crippen molar-refractivity contribution in [3.05, 3.63) is 0 Å². The first-order valence-corrected chi connectivity index (χ1v) is 5.74. The summed E-state index contributed by atoms with van der Waals surface area (Å²) in [6, 6.07) is -1.05. The molecule has 0 aromatic rings. The Kier molecular flexibility index (Phi) is 8.55. The molecule has 0 spiro atoms. The molecule has 3 N–H and O–H groups in total. The van der Waals surface area contributed by atoms with E-state index in [2.05, 4.69) is 15.4 Å². The maximum absolute atomic E-state index is 11.4. The van der Waals surface area contributed by atoms with Crippen LogP contribution in [0.1, 0.15) is 25.7 Å². The fourth-order valence-corrected chi connectivity index (χ4v) is 1.31. The van der Waals surface area contributed by atoms with Gasteiger partial charge in [0.15, 0.2) is 0 Å². The number of hydrogen-bond donors (Lipinski definition) is 3. The van der Waals surface area contributed by atoms with Gasteiger partial charge < -0.3 is 20.5 Å². The van der Waals surface area contributed by atoms with Crippen LogP contribution < -0.4 is 10.6 Å². The van der Waals surface area contributed by atoms with Crippen LogP contribution in [0.15, 0.2) is 0 Å². The predicted molar refractivity (Wildman–Crippen MR) is 64.0 cm³/mol. The number of nitrogens with one attached hydrogen (secondary N) is 2. The fraction of sp³-hybridized carbons (Fsp3) is 0.727. The molecule has 104 valence electrons. The number of esters is 1. The summed E-state index contributed by atoms with van der Waals surface area (Å²) >= 11 is 0. The van der Waals surface area contributed by atoms with Crippen molar-refractivity contribution < 1.29 is 24.2 Å². The van der Waals surface area contributed by atoms with Gasteiger partial charge in [0.25, 0.3) is 0 Å². The minimum absolute atomic E-state index is 0.0276. The maximum Gasteiger partial charge on any atom is 0.326 e. The number of hydrogen-bond acceptors (Lipinski definition) is 5. The SMILES string of the molecule is CNCCCC(=O)N[C@@H](CCC(=O)OC)C(=O)O. The highest BCUT2D eigenvalue weighted by atomic mass is 16.5. The molecule has 0 aliphatic carbocycles. The number of amides is 1. The Morgan fingerprint density at radius 2 is 1.94 bits per heavy atom. The van der Waals surface area contributed by atoms with Crippen molar-refractivity contribution in [3.8, 4) is 0 Å². The first-order chi connectivity index (χ1) is 8.51. The van der Waals surface area contributed by atoms with E-state index in [0.717, 1.165) is 0 Å². The highest BCUT2D eigenvalue weighted by Gasteiger charge is 2.20. The molecule has 0 saturated heterocycles. The summed E-state index contributed by atoms with van der Waals surface area (Å²) in [7, 11) is 3.00. The Bertz CT molecular complexity index is 293. The topological polar surface area (TPSA) is 105 Å². The van der Waals surface area contributed by atoms with Gasteiger partial charge in [-0.15, -0.1) is 0 Å². The van der Waals surface area contributed by atoms with E-state index in [-0.39, 0.29) is 25.2 Å². The quantitative estimate of drug-likeness (QED) is 0.381. The number of carbonyl (C=O) groups is 3. The third kappa shape index (κ3) is 7.61. The van der Waals surface area contributed by atoms with Crippen LogP contribution in [-0.4, -0.2) is 49.7 Å². The first kappa shape index (κ1) is 16.4. The van der Waals surface area contributed by atoms with Gasteiger partial charge >= 0.3 is 11.9 Å². The minimum Gasteiger partial charge on any atom is -0.480 e. The minimum atomic E-state index is -1.15. The van der Waals surface area contributed by atoms with E-state index in [1.165, 1.54) is 7.11 Å². The Morgan fingerprint density at radius 3 is 2.44 bits per heavy atom. The third-order valence-corrected chi connectivity index (χ3v) is 2.33. The van der Waals surface area contributed by atoms with Gasteiger partial charge in [0.05, 0.1) is 7.11 Å². The lowest BCUT2D eigenvalue weighted by Crippen LogP contribution is -2.41. The van der Waals surface area contributed by atoms with Gasteiger partial charge in [0.2, 0.25) is 5.91 Å². The highest BCUT2D eigenvalue weighted by molar-refractivity contribution is 5.84. The van der Waals surface area contributed by atoms with Gasteiger partial charge in [-0.3, -0.25) is 9.59 Å². The van der Waals surface area contributed by atoms with Crippen molar-refractivity contribution in [1.29, 1.82) is 0 Å². The summed E-state index contributed by atoms with van der Waals surface area (Å²) in [6.45, 7) is 0.688. The summed E-state index contributed by atoms with van der Waals surface area (Å²) in [4.78, 5) is 33.2. The van der Waals surface area contributed by atoms with Gasteiger partial charge in [-0.05, 0) is 26.4 Å². The van der Waals surface area contributed by atoms with Crippen LogP contribution in [0.25, 0.3) is 0 Å². The van der Waals surface area contributed by atoms with Crippen LogP contribution in [0.3, 0.4) is 0 Å². The van der Waals surface area contributed by atoms with E-state index in [1.54, 1.807) is 7.05 Å². The zero-order chi connectivity index (χ0) is 14.0. The molecule has 0 saturated carbocycles. The normalized spacial score (nSPS) is 11.7. The second kappa shape index (κ2) is 9.41. The lowest BCUT2D eigenvalue weighted by molar-refractivity contribution is -0.144. The molecule has 7 nitrogen and oxygen atoms in total. The number of rotatable bonds is 9. The molecule has 0 unspecified atom stereocenters. The van der Waals surface area contributed by atoms with Crippen LogP contribution in [0.2, 0.25) is 0 Å². The largest absolute Gasteiger partial charge is 0.480 e. The van der Waals surface area contributed by atoms with Crippen molar-refractivity contribution >= 4 is 17.8 Å². The second-order valence-electron chi connectivity index (χ2n) is 3.78. The molecule has 0 aromatic carbocycles. The van der Waals surface area contributed by atoms with E-state index < -0.39 is 18.0 Å². The maximum atomic E-state index is 11.4. The molecule has 0 heterocycles. The van der Waals surface area contributed by atoms with Gasteiger partial charge in [0.1, 0.15) is 6.04 Å². The Morgan fingerprint density at radius 1 is 1.28 bits per heavy atom. The van der Waals surface area contributed by atoms with Gasteiger partial charge in [-0.1, -0.05) is 0 Å². The molecule has 1 amide bonds. The summed E-state index contributed by atoms with van der Waals surface area (Å²) in [5.41, 5.74) is 0. The average Bonchev–Trinajstić information content (AvgIpc) is 2.33. The van der Waals surface area contributed by atoms with Crippen molar-refractivity contribution in [2.24, 2.45) is 0 Å². The molecular weight excluding hydrogens is 240 g/mol. The van der Waals surface area contributed by atoms with Crippen LogP contribution in [-0.2, 0) is 19.1 Å². The number of carboxylic acids is 1. The molecule has 7 heteroatoms. The van der Waals surface area contributed by atoms with Crippen LogP contribution >= 0.6 is 0 Å². The zero-order valence-corrected chi connectivity index (χ0v) is 10.7. The second-order valence-corrected chi connectivity index (χ2v) is 3.78. The number of carboxylic acid groups (broad SMARTS) is 1. The van der Waals surface area contributed by atoms with Crippen LogP contribution in [0.4, 0.5) is 0 Å². The van der Waals surface area contributed by atoms with E-state index in [4.69, 9.17) is 5.11 Å². The molecule has 0 bridgehead atoms. The lowest BCUT2D eigenvalue weighted by Gasteiger charge is -2.13. The average molecular weight is 260 g/mol. The Balaban J connectivity index is 4.06. The molecule has 0 aromatic heterocycles. The zero-order valence-electron chi connectivity index (χ0n) is 10.7. The van der Waals surface area contributed by atoms with Gasteiger partial charge in [-0.25, -0.2) is 4.79 Å². The number of carbonyl (C=O) groups excluding carboxylic acids is 2. The van der Waals surface area contributed by atoms with Crippen molar-refractivity contribution in [2.75, 3.05) is 20.7 Å². The number of aliphatic carboxylic acids is 1. The number of methoxy groups -OCH3 is 1. The predicted octanol–water partition coefficient (Wildman–Crippen LogP) is -0.491. The molecular formula is C11H20N2O5.